The van der Waals surface area contributed by atoms with Gasteiger partial charge in [-0.1, -0.05) is 18.2 Å². The van der Waals surface area contributed by atoms with Crippen molar-refractivity contribution in [3.05, 3.63) is 48.3 Å². The molecule has 7 heteroatoms. The average molecular weight is 337 g/mol. The molecule has 3 heterocycles. The summed E-state index contributed by atoms with van der Waals surface area (Å²) in [7, 11) is 0. The van der Waals surface area contributed by atoms with E-state index in [0.29, 0.717) is 25.4 Å². The Hall–Kier alpha value is -2.77. The third kappa shape index (κ3) is 3.11. The quantitative estimate of drug-likeness (QED) is 0.760. The maximum absolute atomic E-state index is 12.3. The van der Waals surface area contributed by atoms with E-state index in [1.54, 1.807) is 6.20 Å². The van der Waals surface area contributed by atoms with Gasteiger partial charge in [0.25, 0.3) is 0 Å². The van der Waals surface area contributed by atoms with Crippen LogP contribution in [0.2, 0.25) is 0 Å². The molecular formula is C18H19N5O2. The Morgan fingerprint density at radius 1 is 1.36 bits per heavy atom. The zero-order valence-electron chi connectivity index (χ0n) is 13.9. The first-order chi connectivity index (χ1) is 12.2. The normalized spacial score (nSPS) is 17.6. The Bertz CT molecular complexity index is 900. The van der Waals surface area contributed by atoms with Crippen molar-refractivity contribution in [1.82, 2.24) is 20.1 Å². The Morgan fingerprint density at radius 3 is 2.96 bits per heavy atom. The summed E-state index contributed by atoms with van der Waals surface area (Å²) in [6.45, 7) is 3.63. The van der Waals surface area contributed by atoms with Crippen LogP contribution in [0.25, 0.3) is 16.7 Å². The van der Waals surface area contributed by atoms with Crippen molar-refractivity contribution in [2.75, 3.05) is 25.1 Å². The van der Waals surface area contributed by atoms with Gasteiger partial charge in [-0.3, -0.25) is 4.79 Å². The van der Waals surface area contributed by atoms with Gasteiger partial charge in [-0.15, -0.1) is 0 Å². The van der Waals surface area contributed by atoms with E-state index in [0.717, 1.165) is 22.4 Å². The number of morpholine rings is 1. The summed E-state index contributed by atoms with van der Waals surface area (Å²) in [5, 5.41) is 11.5. The molecule has 1 saturated heterocycles. The van der Waals surface area contributed by atoms with E-state index < -0.39 is 0 Å². The minimum absolute atomic E-state index is 0.117. The Morgan fingerprint density at radius 2 is 2.20 bits per heavy atom. The monoisotopic (exact) mass is 337 g/mol. The van der Waals surface area contributed by atoms with E-state index in [4.69, 9.17) is 4.74 Å². The molecule has 0 radical (unpaired) electrons. The van der Waals surface area contributed by atoms with Gasteiger partial charge in [0.15, 0.2) is 5.65 Å². The van der Waals surface area contributed by atoms with Crippen molar-refractivity contribution in [2.45, 2.75) is 13.0 Å². The molecule has 2 N–H and O–H groups in total. The first kappa shape index (κ1) is 15.7. The highest BCUT2D eigenvalue weighted by Gasteiger charge is 2.21. The van der Waals surface area contributed by atoms with Crippen LogP contribution in [0.1, 0.15) is 5.69 Å². The summed E-state index contributed by atoms with van der Waals surface area (Å²) >= 11 is 0. The summed E-state index contributed by atoms with van der Waals surface area (Å²) < 4.78 is 7.14. The molecule has 1 aliphatic rings. The van der Waals surface area contributed by atoms with E-state index in [9.17, 15) is 4.79 Å². The van der Waals surface area contributed by atoms with Gasteiger partial charge in [-0.25, -0.2) is 9.67 Å². The second-order valence-electron chi connectivity index (χ2n) is 6.00. The number of ether oxygens (including phenoxy) is 1. The van der Waals surface area contributed by atoms with Crippen molar-refractivity contribution < 1.29 is 9.53 Å². The fourth-order valence-corrected chi connectivity index (χ4v) is 2.92. The van der Waals surface area contributed by atoms with Crippen LogP contribution in [-0.4, -0.2) is 46.5 Å². The van der Waals surface area contributed by atoms with Crippen LogP contribution >= 0.6 is 0 Å². The van der Waals surface area contributed by atoms with Gasteiger partial charge in [-0.2, -0.15) is 5.10 Å². The largest absolute Gasteiger partial charge is 0.378 e. The number of anilines is 1. The zero-order valence-corrected chi connectivity index (χ0v) is 13.9. The van der Waals surface area contributed by atoms with Crippen LogP contribution in [0.4, 0.5) is 5.69 Å². The fourth-order valence-electron chi connectivity index (χ4n) is 2.92. The van der Waals surface area contributed by atoms with E-state index >= 15 is 0 Å². The number of rotatable bonds is 3. The van der Waals surface area contributed by atoms with Crippen LogP contribution in [0.15, 0.2) is 42.6 Å². The third-order valence-corrected chi connectivity index (χ3v) is 4.21. The average Bonchev–Trinajstić information content (AvgIpc) is 2.99. The van der Waals surface area contributed by atoms with Crippen molar-refractivity contribution in [1.29, 1.82) is 0 Å². The second-order valence-corrected chi connectivity index (χ2v) is 6.00. The topological polar surface area (TPSA) is 81.1 Å². The Balaban J connectivity index is 1.62. The lowest BCUT2D eigenvalue weighted by Gasteiger charge is -2.22. The number of carbonyl (C=O) groups excluding carboxylic acids is 1. The number of pyridine rings is 1. The maximum Gasteiger partial charge on any atom is 0.243 e. The van der Waals surface area contributed by atoms with Crippen LogP contribution in [0, 0.1) is 6.92 Å². The van der Waals surface area contributed by atoms with Gasteiger partial charge in [0.1, 0.15) is 6.04 Å². The molecule has 0 bridgehead atoms. The van der Waals surface area contributed by atoms with Crippen molar-refractivity contribution in [3.63, 3.8) is 0 Å². The molecule has 0 spiro atoms. The molecule has 4 rings (SSSR count). The van der Waals surface area contributed by atoms with E-state index in [1.807, 2.05) is 48.0 Å². The molecule has 0 aliphatic carbocycles. The molecule has 3 aromatic rings. The lowest BCUT2D eigenvalue weighted by molar-refractivity contribution is -0.120. The first-order valence-corrected chi connectivity index (χ1v) is 8.25. The lowest BCUT2D eigenvalue weighted by Crippen LogP contribution is -2.48. The number of nitrogens with one attached hydrogen (secondary N) is 2. The standard InChI is InChI=1S/C18H19N5O2/c1-12-15-9-13(21-18(24)16-11-25-8-7-19-16)10-20-17(15)23(22-12)14-5-3-2-4-6-14/h2-6,9-10,16,19H,7-8,11H2,1H3,(H,21,24)/t16-/m0/s1. The van der Waals surface area contributed by atoms with Gasteiger partial charge >= 0.3 is 0 Å². The SMILES string of the molecule is Cc1nn(-c2ccccc2)c2ncc(NC(=O)[C@@H]3COCCN3)cc12. The lowest BCUT2D eigenvalue weighted by atomic mass is 10.2. The molecule has 1 amide bonds. The molecule has 0 unspecified atom stereocenters. The number of amides is 1. The van der Waals surface area contributed by atoms with Crippen LogP contribution < -0.4 is 10.6 Å². The van der Waals surface area contributed by atoms with Crippen LogP contribution in [0.5, 0.6) is 0 Å². The highest BCUT2D eigenvalue weighted by atomic mass is 16.5. The third-order valence-electron chi connectivity index (χ3n) is 4.21. The summed E-state index contributed by atoms with van der Waals surface area (Å²) in [5.74, 6) is -0.117. The van der Waals surface area contributed by atoms with Crippen molar-refractivity contribution in [3.8, 4) is 5.69 Å². The Labute approximate surface area is 145 Å². The van der Waals surface area contributed by atoms with Gasteiger partial charge in [0.2, 0.25) is 5.91 Å². The number of para-hydroxylation sites is 1. The number of fused-ring (bicyclic) bond motifs is 1. The van der Waals surface area contributed by atoms with E-state index in [-0.39, 0.29) is 11.9 Å². The van der Waals surface area contributed by atoms with Gasteiger partial charge in [-0.05, 0) is 25.1 Å². The molecule has 1 atom stereocenters. The number of hydrogen-bond acceptors (Lipinski definition) is 5. The molecule has 128 valence electrons. The predicted octanol–water partition coefficient (Wildman–Crippen LogP) is 1.66. The second kappa shape index (κ2) is 6.62. The molecule has 25 heavy (non-hydrogen) atoms. The Kier molecular flexibility index (Phi) is 4.17. The first-order valence-electron chi connectivity index (χ1n) is 8.25. The number of nitrogens with zero attached hydrogens (tertiary/aromatic N) is 3. The molecule has 1 aliphatic heterocycles. The molecule has 1 fully saturated rings. The summed E-state index contributed by atoms with van der Waals surface area (Å²) in [4.78, 5) is 16.8. The molecule has 0 saturated carbocycles. The van der Waals surface area contributed by atoms with E-state index in [2.05, 4.69) is 20.7 Å². The van der Waals surface area contributed by atoms with E-state index in [1.165, 1.54) is 0 Å². The van der Waals surface area contributed by atoms with Crippen LogP contribution in [0.3, 0.4) is 0 Å². The van der Waals surface area contributed by atoms with Gasteiger partial charge in [0, 0.05) is 11.9 Å². The number of benzene rings is 1. The fraction of sp³-hybridized carbons (Fsp3) is 0.278. The number of hydrogen-bond donors (Lipinski definition) is 2. The predicted molar refractivity (Wildman–Crippen MR) is 94.8 cm³/mol. The summed E-state index contributed by atoms with van der Waals surface area (Å²) in [5.41, 5.74) is 3.23. The smallest absolute Gasteiger partial charge is 0.243 e. The minimum Gasteiger partial charge on any atom is -0.378 e. The summed E-state index contributed by atoms with van der Waals surface area (Å²) in [6, 6.07) is 11.4. The van der Waals surface area contributed by atoms with Crippen molar-refractivity contribution in [2.24, 2.45) is 0 Å². The minimum atomic E-state index is -0.336. The maximum atomic E-state index is 12.3. The van der Waals surface area contributed by atoms with Crippen LogP contribution in [-0.2, 0) is 9.53 Å². The van der Waals surface area contributed by atoms with Crippen molar-refractivity contribution >= 4 is 22.6 Å². The molecule has 7 nitrogen and oxygen atoms in total. The van der Waals surface area contributed by atoms with Gasteiger partial charge < -0.3 is 15.4 Å². The number of aryl methyl sites for hydroxylation is 1. The molecule has 1 aromatic carbocycles. The molecule has 2 aromatic heterocycles. The number of carbonyl (C=O) groups is 1. The highest BCUT2D eigenvalue weighted by molar-refractivity contribution is 5.96. The zero-order chi connectivity index (χ0) is 17.2. The molecular weight excluding hydrogens is 318 g/mol. The number of aromatic nitrogens is 3. The highest BCUT2D eigenvalue weighted by Crippen LogP contribution is 2.23. The van der Waals surface area contributed by atoms with Gasteiger partial charge in [0.05, 0.1) is 36.5 Å². The summed E-state index contributed by atoms with van der Waals surface area (Å²) in [6.07, 6.45) is 1.66.